The molecule has 0 atom stereocenters. The van der Waals surface area contributed by atoms with E-state index in [1.165, 1.54) is 48.5 Å². The van der Waals surface area contributed by atoms with Gasteiger partial charge in [-0.15, -0.1) is 31.1 Å². The molecule has 0 saturated carbocycles. The second-order valence-electron chi connectivity index (χ2n) is 9.13. The Morgan fingerprint density at radius 1 is 0.625 bits per heavy atom. The molecule has 0 aliphatic heterocycles. The van der Waals surface area contributed by atoms with Gasteiger partial charge in [-0.1, -0.05) is 60.1 Å². The summed E-state index contributed by atoms with van der Waals surface area (Å²) in [5, 5.41) is 20.4. The van der Waals surface area contributed by atoms with Gasteiger partial charge in [-0.25, -0.2) is 0 Å². The molecule has 0 spiro atoms. The van der Waals surface area contributed by atoms with E-state index in [2.05, 4.69) is 0 Å². The summed E-state index contributed by atoms with van der Waals surface area (Å²) in [4.78, 5) is 16.0. The quantitative estimate of drug-likeness (QED) is 0.0636. The topological polar surface area (TPSA) is 146 Å². The van der Waals surface area contributed by atoms with Crippen molar-refractivity contribution in [2.24, 2.45) is 0 Å². The predicted molar refractivity (Wildman–Crippen MR) is 164 cm³/mol. The van der Waals surface area contributed by atoms with Crippen LogP contribution in [0.5, 0.6) is 0 Å². The van der Waals surface area contributed by atoms with E-state index in [0.29, 0.717) is 48.5 Å². The molecule has 0 amide bonds. The van der Waals surface area contributed by atoms with E-state index in [9.17, 15) is 51.3 Å². The normalized spacial score (nSPS) is 14.0. The largest absolute Gasteiger partial charge is 1.00 e. The minimum atomic E-state index is -8.83. The molecule has 48 heavy (non-hydrogen) atoms. The van der Waals surface area contributed by atoms with E-state index in [4.69, 9.17) is 11.6 Å². The number of rotatable bonds is 6. The van der Waals surface area contributed by atoms with Gasteiger partial charge in [-0.3, -0.25) is 20.2 Å². The van der Waals surface area contributed by atoms with Gasteiger partial charge < -0.3 is 11.0 Å². The van der Waals surface area contributed by atoms with Crippen LogP contribution in [0.3, 0.4) is 0 Å². The van der Waals surface area contributed by atoms with Gasteiger partial charge in [0, 0.05) is 35.1 Å². The molecule has 2 N–H and O–H groups in total. The van der Waals surface area contributed by atoms with Crippen molar-refractivity contribution in [1.82, 2.24) is 0 Å². The molecule has 0 aromatic heterocycles. The van der Waals surface area contributed by atoms with E-state index >= 15 is 0 Å². The van der Waals surface area contributed by atoms with Crippen molar-refractivity contribution in [3.63, 3.8) is 0 Å². The van der Waals surface area contributed by atoms with E-state index in [1.807, 2.05) is 0 Å². The summed E-state index contributed by atoms with van der Waals surface area (Å²) in [6, 6.07) is 18.0. The first kappa shape index (κ1) is 43.9. The Kier molecular flexibility index (Phi) is 12.6. The maximum absolute atomic E-state index is 14.3. The average molecular weight is 740 g/mol. The third-order valence-corrected chi connectivity index (χ3v) is 9.78. The van der Waals surface area contributed by atoms with Gasteiger partial charge in [-0.2, -0.15) is 0 Å². The molecule has 20 heteroatoms. The van der Waals surface area contributed by atoms with Gasteiger partial charge in [0.25, 0.3) is 11.4 Å². The van der Waals surface area contributed by atoms with Gasteiger partial charge in [0.05, 0.1) is 30.1 Å². The van der Waals surface area contributed by atoms with Gasteiger partial charge in [0.1, 0.15) is 0 Å². The van der Waals surface area contributed by atoms with Crippen LogP contribution in [-0.4, -0.2) is 20.8 Å². The fourth-order valence-electron chi connectivity index (χ4n) is 3.38. The first-order valence-corrected chi connectivity index (χ1v) is 16.5. The van der Waals surface area contributed by atoms with Gasteiger partial charge in [-0.05, 0) is 47.9 Å². The number of hydrogen-bond donors (Lipinski definition) is 0. The molecule has 0 radical (unpaired) electrons. The van der Waals surface area contributed by atoms with Crippen molar-refractivity contribution in [3.8, 4) is 11.2 Å². The van der Waals surface area contributed by atoms with E-state index in [-0.39, 0.29) is 40.9 Å². The Hall–Kier alpha value is -4.07. The van der Waals surface area contributed by atoms with E-state index < -0.39 is 61.1 Å². The number of nitrogens with zero attached hydrogens (tertiary/aromatic N) is 2. The van der Waals surface area contributed by atoms with Crippen LogP contribution >= 0.6 is 31.3 Å². The van der Waals surface area contributed by atoms with Crippen molar-refractivity contribution < 1.29 is 70.7 Å². The van der Waals surface area contributed by atoms with Crippen molar-refractivity contribution >= 4 is 47.7 Å². The maximum atomic E-state index is 14.3. The standard InChI is InChI=1S/C14H10ClF4NO2S.C14H9F4NO2S.Li.2H2O/c15-14(11-4-2-1-3-5-11)10-23(16,17,18,19)13-8-6-12(7-9-13)20(21)22;15-22(16,17,18,11-10-12-4-2-1-3-5-12)14-8-6-13(7-9-14)19(20)21;;;/h1-10H;1-9H;;2*1H2/q;;+1;;/p-2/b14-10+;;;;. The van der Waals surface area contributed by atoms with Crippen LogP contribution in [0, 0.1) is 31.4 Å². The molecule has 4 aromatic rings. The summed E-state index contributed by atoms with van der Waals surface area (Å²) in [6.45, 7) is 0. The fraction of sp³-hybridized carbons (Fsp3) is 0. The molecule has 0 heterocycles. The number of nitro benzene ring substituents is 2. The minimum absolute atomic E-state index is 0. The zero-order valence-corrected chi connectivity index (χ0v) is 26.5. The molecule has 0 unspecified atom stereocenters. The van der Waals surface area contributed by atoms with E-state index in [1.54, 1.807) is 18.1 Å². The first-order chi connectivity index (χ1) is 20.4. The molecule has 256 valence electrons. The van der Waals surface area contributed by atoms with Crippen LogP contribution in [0.4, 0.5) is 42.5 Å². The van der Waals surface area contributed by atoms with Crippen LogP contribution < -0.4 is 18.9 Å². The van der Waals surface area contributed by atoms with E-state index in [0.717, 1.165) is 5.25 Å². The van der Waals surface area contributed by atoms with Crippen molar-refractivity contribution in [3.05, 3.63) is 146 Å². The molecule has 4 aromatic carbocycles. The number of halogens is 9. The zero-order valence-electron chi connectivity index (χ0n) is 24.1. The number of benzene rings is 4. The SMILES string of the molecule is O=[N+]([O-])c1ccc(S(F)(F)(F)(F)/C=C(/Cl)c2ccccc2)cc1.O=[N+]([O-])c1ccc(S(F)(F)(F)(F)C#Cc2ccccc2)cc1.[Li+].[OH-].[OH-]. The summed E-state index contributed by atoms with van der Waals surface area (Å²) in [5.74, 6) is 1.77. The Morgan fingerprint density at radius 2 is 1.00 bits per heavy atom. The van der Waals surface area contributed by atoms with Crippen molar-refractivity contribution in [2.45, 2.75) is 9.79 Å². The Balaban J connectivity index is 0.000000867. The minimum Gasteiger partial charge on any atom is -0.870 e. The van der Waals surface area contributed by atoms with Gasteiger partial charge in [0.2, 0.25) is 19.7 Å². The summed E-state index contributed by atoms with van der Waals surface area (Å²) in [7, 11) is -17.7. The van der Waals surface area contributed by atoms with Crippen LogP contribution in [0.2, 0.25) is 0 Å². The Morgan fingerprint density at radius 3 is 1.40 bits per heavy atom. The average Bonchev–Trinajstić information content (AvgIpc) is 2.96. The second-order valence-corrected chi connectivity index (χ2v) is 15.3. The fourth-order valence-corrected chi connectivity index (χ4v) is 6.56. The third kappa shape index (κ3) is 11.3. The molecule has 0 aliphatic rings. The summed E-state index contributed by atoms with van der Waals surface area (Å²) in [6.07, 6.45) is 0. The van der Waals surface area contributed by atoms with Crippen LogP contribution in [0.15, 0.2) is 124 Å². The molecular formula is C28H21ClF8LiN2O6S2-. The second kappa shape index (κ2) is 13.8. The molecular weight excluding hydrogens is 719 g/mol. The maximum Gasteiger partial charge on any atom is 1.00 e. The summed E-state index contributed by atoms with van der Waals surface area (Å²) in [5.41, 5.74) is -1.11. The van der Waals surface area contributed by atoms with Crippen LogP contribution in [0.1, 0.15) is 11.1 Å². The number of nitro groups is 2. The molecule has 8 nitrogen and oxygen atoms in total. The summed E-state index contributed by atoms with van der Waals surface area (Å²) < 4.78 is 113. The predicted octanol–water partition coefficient (Wildman–Crippen LogP) is 8.63. The summed E-state index contributed by atoms with van der Waals surface area (Å²) >= 11 is 5.62. The number of hydrogen-bond acceptors (Lipinski definition) is 6. The van der Waals surface area contributed by atoms with Crippen LogP contribution in [0.25, 0.3) is 5.03 Å². The molecule has 4 rings (SSSR count). The molecule has 0 fully saturated rings. The molecule has 0 aliphatic carbocycles. The van der Waals surface area contributed by atoms with Gasteiger partial charge in [0.15, 0.2) is 0 Å². The molecule has 0 saturated heterocycles. The zero-order chi connectivity index (χ0) is 33.9. The first-order valence-electron chi connectivity index (χ1n) is 12.0. The number of non-ortho nitro benzene ring substituents is 2. The molecule has 0 bridgehead atoms. The smallest absolute Gasteiger partial charge is 0.870 e. The van der Waals surface area contributed by atoms with Crippen molar-refractivity contribution in [1.29, 1.82) is 0 Å². The van der Waals surface area contributed by atoms with Crippen LogP contribution in [-0.2, 0) is 0 Å². The Bertz CT molecular complexity index is 1870. The van der Waals surface area contributed by atoms with Gasteiger partial charge >= 0.3 is 18.9 Å². The monoisotopic (exact) mass is 739 g/mol. The van der Waals surface area contributed by atoms with Crippen molar-refractivity contribution in [2.75, 3.05) is 0 Å². The Labute approximate surface area is 284 Å². The third-order valence-electron chi connectivity index (χ3n) is 5.63.